The third-order valence-corrected chi connectivity index (χ3v) is 3.35. The number of carbonyl (C=O) groups excluding carboxylic acids is 1. The summed E-state index contributed by atoms with van der Waals surface area (Å²) in [5.41, 5.74) is 0.208. The molecule has 0 N–H and O–H groups in total. The van der Waals surface area contributed by atoms with E-state index in [4.69, 9.17) is 11.6 Å². The van der Waals surface area contributed by atoms with Crippen LogP contribution in [0, 0.1) is 5.41 Å². The van der Waals surface area contributed by atoms with Gasteiger partial charge in [-0.1, -0.05) is 32.4 Å². The smallest absolute Gasteiger partial charge is 0.174 e. The number of hydrogen-bond acceptors (Lipinski definition) is 2. The second kappa shape index (κ2) is 4.45. The second-order valence-corrected chi connectivity index (χ2v) is 5.90. The minimum Gasteiger partial charge on any atom is -0.293 e. The van der Waals surface area contributed by atoms with Crippen molar-refractivity contribution in [3.05, 3.63) is 21.3 Å². The molecule has 1 aromatic heterocycles. The Bertz CT molecular complexity index is 322. The van der Waals surface area contributed by atoms with Gasteiger partial charge in [0, 0.05) is 6.42 Å². The lowest BCUT2D eigenvalue weighted by molar-refractivity contribution is 0.0970. The van der Waals surface area contributed by atoms with Crippen LogP contribution >= 0.6 is 22.9 Å². The fourth-order valence-corrected chi connectivity index (χ4v) is 2.23. The van der Waals surface area contributed by atoms with Crippen LogP contribution in [-0.2, 0) is 0 Å². The van der Waals surface area contributed by atoms with Crippen LogP contribution in [0.2, 0.25) is 5.02 Å². The van der Waals surface area contributed by atoms with Crippen LogP contribution in [0.1, 0.15) is 43.3 Å². The van der Waals surface area contributed by atoms with E-state index in [1.54, 1.807) is 6.07 Å². The predicted octanol–water partition coefficient (Wildman–Crippen LogP) is 4.41. The zero-order valence-electron chi connectivity index (χ0n) is 8.76. The van der Waals surface area contributed by atoms with E-state index in [-0.39, 0.29) is 11.2 Å². The minimum absolute atomic E-state index is 0.167. The van der Waals surface area contributed by atoms with E-state index >= 15 is 0 Å². The number of Topliss-reactive ketones (excluding diaryl/α,β-unsaturated/α-hetero) is 1. The Balaban J connectivity index is 2.56. The van der Waals surface area contributed by atoms with Gasteiger partial charge in [-0.05, 0) is 23.3 Å². The summed E-state index contributed by atoms with van der Waals surface area (Å²) in [6.45, 7) is 6.41. The summed E-state index contributed by atoms with van der Waals surface area (Å²) in [5.74, 6) is 0.167. The van der Waals surface area contributed by atoms with Gasteiger partial charge < -0.3 is 0 Å². The van der Waals surface area contributed by atoms with Gasteiger partial charge in [0.1, 0.15) is 0 Å². The second-order valence-electron chi connectivity index (χ2n) is 4.58. The number of halogens is 1. The largest absolute Gasteiger partial charge is 0.293 e. The highest BCUT2D eigenvalue weighted by Gasteiger charge is 2.16. The first-order valence-electron chi connectivity index (χ1n) is 4.66. The normalized spacial score (nSPS) is 11.7. The van der Waals surface area contributed by atoms with Crippen molar-refractivity contribution in [2.75, 3.05) is 0 Å². The average molecular weight is 231 g/mol. The third-order valence-electron chi connectivity index (χ3n) is 1.97. The van der Waals surface area contributed by atoms with Crippen molar-refractivity contribution in [2.45, 2.75) is 33.6 Å². The molecule has 0 saturated heterocycles. The SMILES string of the molecule is CC(C)(C)CCC(=O)c1sccc1Cl. The molecule has 0 amide bonds. The van der Waals surface area contributed by atoms with E-state index in [0.717, 1.165) is 6.42 Å². The maximum absolute atomic E-state index is 11.7. The monoisotopic (exact) mass is 230 g/mol. The van der Waals surface area contributed by atoms with Crippen LogP contribution in [-0.4, -0.2) is 5.78 Å². The van der Waals surface area contributed by atoms with Crippen molar-refractivity contribution < 1.29 is 4.79 Å². The lowest BCUT2D eigenvalue weighted by atomic mass is 9.89. The molecular formula is C11H15ClOS. The number of rotatable bonds is 3. The predicted molar refractivity (Wildman–Crippen MR) is 62.3 cm³/mol. The summed E-state index contributed by atoms with van der Waals surface area (Å²) in [5, 5.41) is 2.45. The number of hydrogen-bond donors (Lipinski definition) is 0. The van der Waals surface area contributed by atoms with E-state index < -0.39 is 0 Å². The van der Waals surface area contributed by atoms with Crippen molar-refractivity contribution in [1.29, 1.82) is 0 Å². The Labute approximate surface area is 94.1 Å². The minimum atomic E-state index is 0.167. The van der Waals surface area contributed by atoms with Gasteiger partial charge >= 0.3 is 0 Å². The van der Waals surface area contributed by atoms with Crippen molar-refractivity contribution in [2.24, 2.45) is 5.41 Å². The summed E-state index contributed by atoms with van der Waals surface area (Å²) in [6, 6.07) is 1.77. The lowest BCUT2D eigenvalue weighted by Crippen LogP contribution is -2.08. The lowest BCUT2D eigenvalue weighted by Gasteiger charge is -2.16. The van der Waals surface area contributed by atoms with Crippen molar-refractivity contribution in [3.63, 3.8) is 0 Å². The van der Waals surface area contributed by atoms with Gasteiger partial charge in [0.05, 0.1) is 9.90 Å². The number of carbonyl (C=O) groups is 1. The van der Waals surface area contributed by atoms with Crippen LogP contribution in [0.3, 0.4) is 0 Å². The topological polar surface area (TPSA) is 17.1 Å². The Kier molecular flexibility index (Phi) is 3.73. The molecule has 0 aliphatic carbocycles. The highest BCUT2D eigenvalue weighted by Crippen LogP contribution is 2.27. The molecule has 1 aromatic rings. The quantitative estimate of drug-likeness (QED) is 0.703. The summed E-state index contributed by atoms with van der Waals surface area (Å²) in [7, 11) is 0. The van der Waals surface area contributed by atoms with Gasteiger partial charge in [-0.3, -0.25) is 4.79 Å². The van der Waals surface area contributed by atoms with Gasteiger partial charge in [0.25, 0.3) is 0 Å². The molecule has 0 spiro atoms. The molecule has 3 heteroatoms. The molecule has 0 fully saturated rings. The molecule has 1 nitrogen and oxygen atoms in total. The van der Waals surface area contributed by atoms with E-state index in [1.165, 1.54) is 11.3 Å². The zero-order chi connectivity index (χ0) is 10.8. The zero-order valence-corrected chi connectivity index (χ0v) is 10.3. The molecule has 14 heavy (non-hydrogen) atoms. The first kappa shape index (κ1) is 11.7. The van der Waals surface area contributed by atoms with Crippen LogP contribution < -0.4 is 0 Å². The van der Waals surface area contributed by atoms with Crippen LogP contribution in [0.5, 0.6) is 0 Å². The number of ketones is 1. The Morgan fingerprint density at radius 3 is 2.57 bits per heavy atom. The van der Waals surface area contributed by atoms with Crippen molar-refractivity contribution in [3.8, 4) is 0 Å². The molecular weight excluding hydrogens is 216 g/mol. The molecule has 0 saturated carbocycles. The maximum atomic E-state index is 11.7. The van der Waals surface area contributed by atoms with Crippen LogP contribution in [0.4, 0.5) is 0 Å². The highest BCUT2D eigenvalue weighted by atomic mass is 35.5. The molecule has 78 valence electrons. The Hall–Kier alpha value is -0.340. The Morgan fingerprint density at radius 1 is 1.50 bits per heavy atom. The summed E-state index contributed by atoms with van der Waals surface area (Å²) < 4.78 is 0. The van der Waals surface area contributed by atoms with Crippen LogP contribution in [0.15, 0.2) is 11.4 Å². The van der Waals surface area contributed by atoms with Gasteiger partial charge in [0.15, 0.2) is 5.78 Å². The van der Waals surface area contributed by atoms with E-state index in [9.17, 15) is 4.79 Å². The van der Waals surface area contributed by atoms with Crippen molar-refractivity contribution in [1.82, 2.24) is 0 Å². The van der Waals surface area contributed by atoms with Gasteiger partial charge in [-0.25, -0.2) is 0 Å². The molecule has 0 atom stereocenters. The van der Waals surface area contributed by atoms with E-state index in [2.05, 4.69) is 20.8 Å². The first-order valence-corrected chi connectivity index (χ1v) is 5.92. The van der Waals surface area contributed by atoms with Gasteiger partial charge in [-0.2, -0.15) is 0 Å². The maximum Gasteiger partial charge on any atom is 0.174 e. The molecule has 0 aromatic carbocycles. The standard InChI is InChI=1S/C11H15ClOS/c1-11(2,3)6-4-9(13)10-8(12)5-7-14-10/h5,7H,4,6H2,1-3H3. The van der Waals surface area contributed by atoms with Crippen LogP contribution in [0.25, 0.3) is 0 Å². The Morgan fingerprint density at radius 2 is 2.14 bits per heavy atom. The third kappa shape index (κ3) is 3.43. The summed E-state index contributed by atoms with van der Waals surface area (Å²) >= 11 is 7.30. The molecule has 0 aliphatic rings. The van der Waals surface area contributed by atoms with Gasteiger partial charge in [0.2, 0.25) is 0 Å². The fourth-order valence-electron chi connectivity index (χ4n) is 1.09. The van der Waals surface area contributed by atoms with E-state index in [1.807, 2.05) is 5.38 Å². The fraction of sp³-hybridized carbons (Fsp3) is 0.545. The average Bonchev–Trinajstić information content (AvgIpc) is 2.46. The molecule has 1 heterocycles. The van der Waals surface area contributed by atoms with E-state index in [0.29, 0.717) is 16.3 Å². The summed E-state index contributed by atoms with van der Waals surface area (Å²) in [6.07, 6.45) is 1.49. The molecule has 0 unspecified atom stereocenters. The molecule has 0 aliphatic heterocycles. The van der Waals surface area contributed by atoms with Gasteiger partial charge in [-0.15, -0.1) is 11.3 Å². The molecule has 0 radical (unpaired) electrons. The highest BCUT2D eigenvalue weighted by molar-refractivity contribution is 7.12. The first-order chi connectivity index (χ1) is 6.40. The number of thiophene rings is 1. The molecule has 0 bridgehead atoms. The summed E-state index contributed by atoms with van der Waals surface area (Å²) in [4.78, 5) is 12.4. The van der Waals surface area contributed by atoms with Crippen molar-refractivity contribution >= 4 is 28.7 Å². The molecule has 1 rings (SSSR count).